The van der Waals surface area contributed by atoms with E-state index in [4.69, 9.17) is 5.11 Å². The molecular weight excluding hydrogens is 228 g/mol. The number of hydrogen-bond acceptors (Lipinski definition) is 2. The van der Waals surface area contributed by atoms with E-state index in [9.17, 15) is 4.79 Å². The van der Waals surface area contributed by atoms with Crippen molar-refractivity contribution in [1.82, 2.24) is 10.2 Å². The molecule has 2 atom stereocenters. The van der Waals surface area contributed by atoms with Gasteiger partial charge in [-0.25, -0.2) is 4.79 Å². The zero-order chi connectivity index (χ0) is 13.5. The van der Waals surface area contributed by atoms with Gasteiger partial charge in [-0.1, -0.05) is 37.3 Å². The molecule has 2 amide bonds. The maximum absolute atomic E-state index is 11.8. The van der Waals surface area contributed by atoms with Crippen molar-refractivity contribution in [1.29, 1.82) is 0 Å². The number of nitrogens with zero attached hydrogens (tertiary/aromatic N) is 1. The van der Waals surface area contributed by atoms with Crippen LogP contribution in [-0.2, 0) is 0 Å². The molecule has 1 aromatic carbocycles. The molecule has 0 radical (unpaired) electrons. The molecule has 0 aliphatic carbocycles. The minimum atomic E-state index is -0.153. The Labute approximate surface area is 109 Å². The first-order chi connectivity index (χ1) is 8.56. The monoisotopic (exact) mass is 250 g/mol. The van der Waals surface area contributed by atoms with Gasteiger partial charge in [0.25, 0.3) is 0 Å². The fraction of sp³-hybridized carbons (Fsp3) is 0.500. The fourth-order valence-corrected chi connectivity index (χ4v) is 1.73. The van der Waals surface area contributed by atoms with E-state index in [-0.39, 0.29) is 24.6 Å². The van der Waals surface area contributed by atoms with Gasteiger partial charge in [0, 0.05) is 25.6 Å². The molecule has 0 spiro atoms. The summed E-state index contributed by atoms with van der Waals surface area (Å²) in [6.07, 6.45) is 0. The van der Waals surface area contributed by atoms with Gasteiger partial charge in [-0.2, -0.15) is 0 Å². The first-order valence-corrected chi connectivity index (χ1v) is 6.23. The molecule has 18 heavy (non-hydrogen) atoms. The highest BCUT2D eigenvalue weighted by Crippen LogP contribution is 2.18. The number of hydrogen-bond donors (Lipinski definition) is 2. The van der Waals surface area contributed by atoms with Gasteiger partial charge in [-0.05, 0) is 12.5 Å². The van der Waals surface area contributed by atoms with Crippen molar-refractivity contribution >= 4 is 6.03 Å². The lowest BCUT2D eigenvalue weighted by Crippen LogP contribution is -2.44. The SMILES string of the molecule is CC(NC(=O)N(C)CCO)C(C)c1ccccc1. The molecule has 0 saturated carbocycles. The number of rotatable bonds is 5. The first kappa shape index (κ1) is 14.5. The summed E-state index contributed by atoms with van der Waals surface area (Å²) in [5.41, 5.74) is 1.20. The molecule has 0 aromatic heterocycles. The molecule has 1 rings (SSSR count). The average molecular weight is 250 g/mol. The average Bonchev–Trinajstić information content (AvgIpc) is 2.39. The minimum Gasteiger partial charge on any atom is -0.395 e. The van der Waals surface area contributed by atoms with Crippen LogP contribution in [0.4, 0.5) is 4.79 Å². The Balaban J connectivity index is 2.55. The van der Waals surface area contributed by atoms with Crippen molar-refractivity contribution in [2.75, 3.05) is 20.2 Å². The molecule has 0 heterocycles. The first-order valence-electron chi connectivity index (χ1n) is 6.23. The third kappa shape index (κ3) is 4.04. The largest absolute Gasteiger partial charge is 0.395 e. The zero-order valence-electron chi connectivity index (χ0n) is 11.3. The van der Waals surface area contributed by atoms with E-state index in [1.165, 1.54) is 10.5 Å². The number of likely N-dealkylation sites (N-methyl/N-ethyl adjacent to an activating group) is 1. The molecule has 0 bridgehead atoms. The highest BCUT2D eigenvalue weighted by molar-refractivity contribution is 5.74. The summed E-state index contributed by atoms with van der Waals surface area (Å²) >= 11 is 0. The molecule has 1 aromatic rings. The molecule has 4 nitrogen and oxygen atoms in total. The number of amides is 2. The van der Waals surface area contributed by atoms with Crippen LogP contribution >= 0.6 is 0 Å². The number of carbonyl (C=O) groups is 1. The molecule has 0 aliphatic heterocycles. The van der Waals surface area contributed by atoms with Crippen LogP contribution in [0.25, 0.3) is 0 Å². The number of nitrogens with one attached hydrogen (secondary N) is 1. The molecule has 0 saturated heterocycles. The quantitative estimate of drug-likeness (QED) is 0.837. The van der Waals surface area contributed by atoms with Gasteiger partial charge < -0.3 is 15.3 Å². The molecule has 2 unspecified atom stereocenters. The lowest BCUT2D eigenvalue weighted by Gasteiger charge is -2.25. The topological polar surface area (TPSA) is 52.6 Å². The van der Waals surface area contributed by atoms with E-state index < -0.39 is 0 Å². The Morgan fingerprint density at radius 3 is 2.50 bits per heavy atom. The number of urea groups is 1. The smallest absolute Gasteiger partial charge is 0.317 e. The number of aliphatic hydroxyl groups excluding tert-OH is 1. The van der Waals surface area contributed by atoms with Crippen LogP contribution in [0.15, 0.2) is 30.3 Å². The van der Waals surface area contributed by atoms with Crippen molar-refractivity contribution < 1.29 is 9.90 Å². The molecule has 0 aliphatic rings. The Bertz CT molecular complexity index is 367. The molecule has 100 valence electrons. The minimum absolute atomic E-state index is 0.0213. The van der Waals surface area contributed by atoms with Gasteiger partial charge in [-0.3, -0.25) is 0 Å². The summed E-state index contributed by atoms with van der Waals surface area (Å²) in [6, 6.07) is 9.99. The third-order valence-corrected chi connectivity index (χ3v) is 3.21. The van der Waals surface area contributed by atoms with E-state index in [0.29, 0.717) is 6.54 Å². The summed E-state index contributed by atoms with van der Waals surface area (Å²) in [5, 5.41) is 11.7. The van der Waals surface area contributed by atoms with E-state index in [1.54, 1.807) is 7.05 Å². The van der Waals surface area contributed by atoms with Gasteiger partial charge in [0.15, 0.2) is 0 Å². The second-order valence-electron chi connectivity index (χ2n) is 4.58. The van der Waals surface area contributed by atoms with E-state index in [0.717, 1.165) is 0 Å². The number of carbonyl (C=O) groups excluding carboxylic acids is 1. The Hall–Kier alpha value is -1.55. The van der Waals surface area contributed by atoms with Crippen molar-refractivity contribution in [3.05, 3.63) is 35.9 Å². The van der Waals surface area contributed by atoms with Gasteiger partial charge in [0.05, 0.1) is 6.61 Å². The Morgan fingerprint density at radius 2 is 1.94 bits per heavy atom. The van der Waals surface area contributed by atoms with Gasteiger partial charge in [0.2, 0.25) is 0 Å². The van der Waals surface area contributed by atoms with E-state index >= 15 is 0 Å². The lowest BCUT2D eigenvalue weighted by molar-refractivity contribution is 0.186. The van der Waals surface area contributed by atoms with Crippen molar-refractivity contribution in [2.24, 2.45) is 0 Å². The van der Waals surface area contributed by atoms with Crippen LogP contribution in [0.2, 0.25) is 0 Å². The summed E-state index contributed by atoms with van der Waals surface area (Å²) in [7, 11) is 1.67. The van der Waals surface area contributed by atoms with Crippen LogP contribution < -0.4 is 5.32 Å². The summed E-state index contributed by atoms with van der Waals surface area (Å²) < 4.78 is 0. The zero-order valence-corrected chi connectivity index (χ0v) is 11.3. The van der Waals surface area contributed by atoms with Crippen LogP contribution in [-0.4, -0.2) is 42.3 Å². The van der Waals surface area contributed by atoms with Crippen molar-refractivity contribution in [2.45, 2.75) is 25.8 Å². The van der Waals surface area contributed by atoms with Crippen LogP contribution in [0, 0.1) is 0 Å². The maximum atomic E-state index is 11.8. The second-order valence-corrected chi connectivity index (χ2v) is 4.58. The molecule has 4 heteroatoms. The van der Waals surface area contributed by atoms with Crippen LogP contribution in [0.3, 0.4) is 0 Å². The lowest BCUT2D eigenvalue weighted by atomic mass is 9.94. The van der Waals surface area contributed by atoms with Gasteiger partial charge in [-0.15, -0.1) is 0 Å². The second kappa shape index (κ2) is 7.01. The van der Waals surface area contributed by atoms with Crippen LogP contribution in [0.1, 0.15) is 25.3 Å². The summed E-state index contributed by atoms with van der Waals surface area (Å²) in [6.45, 7) is 4.40. The Kier molecular flexibility index (Phi) is 5.65. The summed E-state index contributed by atoms with van der Waals surface area (Å²) in [4.78, 5) is 13.3. The molecule has 0 fully saturated rings. The van der Waals surface area contributed by atoms with Gasteiger partial charge >= 0.3 is 6.03 Å². The highest BCUT2D eigenvalue weighted by Gasteiger charge is 2.17. The predicted octanol–water partition coefficient (Wildman–Crippen LogP) is 1.81. The number of benzene rings is 1. The van der Waals surface area contributed by atoms with Crippen molar-refractivity contribution in [3.8, 4) is 0 Å². The number of aliphatic hydroxyl groups is 1. The van der Waals surface area contributed by atoms with Crippen LogP contribution in [0.5, 0.6) is 0 Å². The third-order valence-electron chi connectivity index (χ3n) is 3.21. The standard InChI is InChI=1S/C14H22N2O2/c1-11(13-7-5-4-6-8-13)12(2)15-14(18)16(3)9-10-17/h4-8,11-12,17H,9-10H2,1-3H3,(H,15,18). The highest BCUT2D eigenvalue weighted by atomic mass is 16.3. The summed E-state index contributed by atoms with van der Waals surface area (Å²) in [5.74, 6) is 0.248. The van der Waals surface area contributed by atoms with E-state index in [2.05, 4.69) is 24.4 Å². The van der Waals surface area contributed by atoms with Gasteiger partial charge in [0.1, 0.15) is 0 Å². The van der Waals surface area contributed by atoms with E-state index in [1.807, 2.05) is 25.1 Å². The Morgan fingerprint density at radius 1 is 1.33 bits per heavy atom. The maximum Gasteiger partial charge on any atom is 0.317 e. The fourth-order valence-electron chi connectivity index (χ4n) is 1.73. The predicted molar refractivity (Wildman–Crippen MR) is 72.6 cm³/mol. The molecular formula is C14H22N2O2. The van der Waals surface area contributed by atoms with Crippen molar-refractivity contribution in [3.63, 3.8) is 0 Å². The normalized spacial score (nSPS) is 13.8. The molecule has 2 N–H and O–H groups in total.